The molecule has 114 valence electrons. The van der Waals surface area contributed by atoms with Crippen LogP contribution in [0.25, 0.3) is 0 Å². The second-order valence-corrected chi connectivity index (χ2v) is 4.74. The van der Waals surface area contributed by atoms with Gasteiger partial charge in [0.2, 0.25) is 5.91 Å². The van der Waals surface area contributed by atoms with Crippen molar-refractivity contribution in [3.8, 4) is 6.07 Å². The van der Waals surface area contributed by atoms with Gasteiger partial charge in [-0.1, -0.05) is 6.92 Å². The van der Waals surface area contributed by atoms with E-state index in [0.29, 0.717) is 12.2 Å². The average molecular weight is 299 g/mol. The fraction of sp³-hybridized carbons (Fsp3) is 0.429. The van der Waals surface area contributed by atoms with Crippen molar-refractivity contribution in [2.24, 2.45) is 5.92 Å². The second kappa shape index (κ2) is 6.48. The molecule has 1 aromatic rings. The quantitative estimate of drug-likeness (QED) is 0.929. The predicted octanol–water partition coefficient (Wildman–Crippen LogP) is 2.40. The summed E-state index contributed by atoms with van der Waals surface area (Å²) in [6.07, 6.45) is -4.56. The molecule has 1 amide bonds. The van der Waals surface area contributed by atoms with Crippen molar-refractivity contribution in [3.05, 3.63) is 29.3 Å². The fourth-order valence-electron chi connectivity index (χ4n) is 1.95. The minimum absolute atomic E-state index is 0.158. The molecule has 4 nitrogen and oxygen atoms in total. The van der Waals surface area contributed by atoms with Gasteiger partial charge in [-0.05, 0) is 18.2 Å². The lowest BCUT2D eigenvalue weighted by atomic mass is 10.1. The molecule has 1 N–H and O–H groups in total. The Bertz CT molecular complexity index is 564. The van der Waals surface area contributed by atoms with Gasteiger partial charge in [-0.3, -0.25) is 4.79 Å². The van der Waals surface area contributed by atoms with Crippen LogP contribution < -0.4 is 10.2 Å². The molecule has 0 aliphatic rings. The van der Waals surface area contributed by atoms with Gasteiger partial charge < -0.3 is 10.2 Å². The van der Waals surface area contributed by atoms with Crippen LogP contribution in [0.2, 0.25) is 0 Å². The maximum Gasteiger partial charge on any atom is 0.417 e. The van der Waals surface area contributed by atoms with Crippen LogP contribution in [0.3, 0.4) is 0 Å². The number of amides is 1. The van der Waals surface area contributed by atoms with Gasteiger partial charge in [-0.2, -0.15) is 18.4 Å². The molecule has 0 aliphatic heterocycles. The zero-order valence-corrected chi connectivity index (χ0v) is 12.0. The van der Waals surface area contributed by atoms with Crippen LogP contribution in [0.5, 0.6) is 0 Å². The summed E-state index contributed by atoms with van der Waals surface area (Å²) in [5.41, 5.74) is -0.934. The number of nitrogens with one attached hydrogen (secondary N) is 1. The van der Waals surface area contributed by atoms with Gasteiger partial charge >= 0.3 is 6.18 Å². The number of halogens is 3. The third-order valence-corrected chi connectivity index (χ3v) is 3.11. The molecule has 0 spiro atoms. The topological polar surface area (TPSA) is 56.1 Å². The minimum Gasteiger partial charge on any atom is -0.374 e. The van der Waals surface area contributed by atoms with E-state index < -0.39 is 17.3 Å². The summed E-state index contributed by atoms with van der Waals surface area (Å²) in [6.45, 7) is 2.04. The highest BCUT2D eigenvalue weighted by atomic mass is 19.4. The second-order valence-electron chi connectivity index (χ2n) is 4.74. The Morgan fingerprint density at radius 3 is 2.57 bits per heavy atom. The fourth-order valence-corrected chi connectivity index (χ4v) is 1.95. The highest BCUT2D eigenvalue weighted by Crippen LogP contribution is 2.33. The van der Waals surface area contributed by atoms with Crippen molar-refractivity contribution in [1.82, 2.24) is 5.32 Å². The first kappa shape index (κ1) is 16.8. The largest absolute Gasteiger partial charge is 0.417 e. The van der Waals surface area contributed by atoms with Crippen molar-refractivity contribution < 1.29 is 18.0 Å². The number of carbonyl (C=O) groups excluding carboxylic acids is 1. The van der Waals surface area contributed by atoms with Crippen molar-refractivity contribution in [1.29, 1.82) is 5.26 Å². The zero-order valence-electron chi connectivity index (χ0n) is 12.0. The van der Waals surface area contributed by atoms with Crippen molar-refractivity contribution in [2.45, 2.75) is 13.1 Å². The molecular formula is C14H16F3N3O. The number of carbonyl (C=O) groups is 1. The molecule has 1 unspecified atom stereocenters. The Morgan fingerprint density at radius 1 is 1.48 bits per heavy atom. The number of hydrogen-bond acceptors (Lipinski definition) is 3. The molecule has 0 saturated carbocycles. The molecule has 1 aromatic carbocycles. The standard InChI is InChI=1S/C14H16F3N3O/c1-9(13(21)19-2)8-20(3)11-4-5-12(14(15,16)17)10(6-11)7-18/h4-6,9H,8H2,1-3H3,(H,19,21). The molecule has 0 aliphatic carbocycles. The number of rotatable bonds is 4. The van der Waals surface area contributed by atoms with Crippen molar-refractivity contribution in [2.75, 3.05) is 25.5 Å². The SMILES string of the molecule is CNC(=O)C(C)CN(C)c1ccc(C(F)(F)F)c(C#N)c1. The highest BCUT2D eigenvalue weighted by molar-refractivity contribution is 5.78. The van der Waals surface area contributed by atoms with Gasteiger partial charge in [-0.25, -0.2) is 0 Å². The van der Waals surface area contributed by atoms with E-state index in [9.17, 15) is 18.0 Å². The highest BCUT2D eigenvalue weighted by Gasteiger charge is 2.33. The van der Waals surface area contributed by atoms with Crippen LogP contribution in [-0.2, 0) is 11.0 Å². The summed E-state index contributed by atoms with van der Waals surface area (Å²) < 4.78 is 38.1. The Kier molecular flexibility index (Phi) is 5.19. The number of nitriles is 1. The summed E-state index contributed by atoms with van der Waals surface area (Å²) in [4.78, 5) is 13.1. The molecule has 0 bridgehead atoms. The van der Waals surface area contributed by atoms with Gasteiger partial charge in [0.15, 0.2) is 0 Å². The van der Waals surface area contributed by atoms with Crippen LogP contribution in [-0.4, -0.2) is 26.5 Å². The predicted molar refractivity (Wildman–Crippen MR) is 72.7 cm³/mol. The first-order valence-electron chi connectivity index (χ1n) is 6.24. The molecule has 0 heterocycles. The number of alkyl halides is 3. The summed E-state index contributed by atoms with van der Waals surface area (Å²) in [6, 6.07) is 4.91. The van der Waals surface area contributed by atoms with E-state index in [1.807, 2.05) is 0 Å². The molecule has 21 heavy (non-hydrogen) atoms. The van der Waals surface area contributed by atoms with E-state index in [-0.39, 0.29) is 11.8 Å². The van der Waals surface area contributed by atoms with Gasteiger partial charge in [0, 0.05) is 26.3 Å². The minimum atomic E-state index is -4.56. The molecule has 1 atom stereocenters. The lowest BCUT2D eigenvalue weighted by molar-refractivity contribution is -0.137. The Balaban J connectivity index is 3.00. The summed E-state index contributed by atoms with van der Waals surface area (Å²) in [7, 11) is 3.17. The summed E-state index contributed by atoms with van der Waals surface area (Å²) in [5.74, 6) is -0.484. The normalized spacial score (nSPS) is 12.4. The molecule has 7 heteroatoms. The van der Waals surface area contributed by atoms with Crippen LogP contribution in [0.1, 0.15) is 18.1 Å². The smallest absolute Gasteiger partial charge is 0.374 e. The maximum atomic E-state index is 12.7. The summed E-state index contributed by atoms with van der Waals surface area (Å²) in [5, 5.41) is 11.4. The third kappa shape index (κ3) is 4.12. The first-order chi connectivity index (χ1) is 9.70. The van der Waals surface area contributed by atoms with Crippen LogP contribution in [0.15, 0.2) is 18.2 Å². The van der Waals surface area contributed by atoms with E-state index in [2.05, 4.69) is 5.32 Å². The van der Waals surface area contributed by atoms with E-state index in [4.69, 9.17) is 5.26 Å². The molecule has 1 rings (SSSR count). The Labute approximate surface area is 121 Å². The van der Waals surface area contributed by atoms with Gasteiger partial charge in [0.1, 0.15) is 0 Å². The molecular weight excluding hydrogens is 283 g/mol. The van der Waals surface area contributed by atoms with Crippen molar-refractivity contribution >= 4 is 11.6 Å². The number of hydrogen-bond donors (Lipinski definition) is 1. The molecule has 0 aromatic heterocycles. The van der Waals surface area contributed by atoms with Crippen molar-refractivity contribution in [3.63, 3.8) is 0 Å². The Hall–Kier alpha value is -2.23. The van der Waals surface area contributed by atoms with Gasteiger partial charge in [-0.15, -0.1) is 0 Å². The number of benzene rings is 1. The average Bonchev–Trinajstić information content (AvgIpc) is 2.44. The van der Waals surface area contributed by atoms with Crippen LogP contribution in [0.4, 0.5) is 18.9 Å². The van der Waals surface area contributed by atoms with Crippen LogP contribution in [0, 0.1) is 17.2 Å². The number of nitrogens with zero attached hydrogens (tertiary/aromatic N) is 2. The summed E-state index contributed by atoms with van der Waals surface area (Å²) >= 11 is 0. The monoisotopic (exact) mass is 299 g/mol. The maximum absolute atomic E-state index is 12.7. The lowest BCUT2D eigenvalue weighted by Gasteiger charge is -2.23. The van der Waals surface area contributed by atoms with Crippen LogP contribution >= 0.6 is 0 Å². The van der Waals surface area contributed by atoms with E-state index in [0.717, 1.165) is 6.07 Å². The van der Waals surface area contributed by atoms with E-state index in [1.165, 1.54) is 19.2 Å². The first-order valence-corrected chi connectivity index (χ1v) is 6.24. The van der Waals surface area contributed by atoms with E-state index in [1.54, 1.807) is 24.9 Å². The Morgan fingerprint density at radius 2 is 2.10 bits per heavy atom. The lowest BCUT2D eigenvalue weighted by Crippen LogP contribution is -2.34. The molecule has 0 saturated heterocycles. The van der Waals surface area contributed by atoms with E-state index >= 15 is 0 Å². The zero-order chi connectivity index (χ0) is 16.2. The molecule has 0 fully saturated rings. The number of anilines is 1. The third-order valence-electron chi connectivity index (χ3n) is 3.11. The van der Waals surface area contributed by atoms with Gasteiger partial charge in [0.05, 0.1) is 23.1 Å². The van der Waals surface area contributed by atoms with Gasteiger partial charge in [0.25, 0.3) is 0 Å². The molecule has 0 radical (unpaired) electrons.